The lowest BCUT2D eigenvalue weighted by Gasteiger charge is -2.46. The summed E-state index contributed by atoms with van der Waals surface area (Å²) in [6.07, 6.45) is -4.13. The van der Waals surface area contributed by atoms with Gasteiger partial charge in [-0.3, -0.25) is 14.5 Å². The highest BCUT2D eigenvalue weighted by molar-refractivity contribution is 6.32. The van der Waals surface area contributed by atoms with Crippen molar-refractivity contribution in [2.24, 2.45) is 11.1 Å². The number of nitrogens with two attached hydrogens (primary N) is 1. The number of amides is 1. The van der Waals surface area contributed by atoms with E-state index in [0.717, 1.165) is 12.1 Å². The van der Waals surface area contributed by atoms with Crippen LogP contribution >= 0.6 is 11.6 Å². The van der Waals surface area contributed by atoms with Crippen LogP contribution in [0.25, 0.3) is 0 Å². The fourth-order valence-electron chi connectivity index (χ4n) is 5.70. The van der Waals surface area contributed by atoms with Crippen LogP contribution in [0, 0.1) is 23.7 Å². The van der Waals surface area contributed by atoms with Crippen LogP contribution in [-0.4, -0.2) is 11.7 Å². The number of nitrogens with zero attached hydrogens (tertiary/aromatic N) is 2. The highest BCUT2D eigenvalue weighted by Crippen LogP contribution is 2.58. The second-order valence-electron chi connectivity index (χ2n) is 10.3. The molecule has 0 aromatic heterocycles. The summed E-state index contributed by atoms with van der Waals surface area (Å²) in [4.78, 5) is 29.1. The molecule has 0 fully saturated rings. The second kappa shape index (κ2) is 7.86. The minimum atomic E-state index is -4.54. The average molecular weight is 527 g/mol. The van der Waals surface area contributed by atoms with Gasteiger partial charge < -0.3 is 11.1 Å². The molecule has 2 aliphatic heterocycles. The molecule has 0 saturated carbocycles. The van der Waals surface area contributed by atoms with Crippen molar-refractivity contribution >= 4 is 34.7 Å². The summed E-state index contributed by atoms with van der Waals surface area (Å²) in [5.74, 6) is -1.05. The van der Waals surface area contributed by atoms with Crippen molar-refractivity contribution in [3.8, 4) is 6.07 Å². The number of Topliss-reactive ketones (excluding diaryl/α,β-unsaturated/α-hetero) is 1. The molecular weight excluding hydrogens is 505 g/mol. The molecule has 2 aromatic rings. The van der Waals surface area contributed by atoms with Crippen LogP contribution in [0.3, 0.4) is 0 Å². The molecule has 0 saturated heterocycles. The van der Waals surface area contributed by atoms with E-state index in [2.05, 4.69) is 11.4 Å². The zero-order valence-corrected chi connectivity index (χ0v) is 20.9. The van der Waals surface area contributed by atoms with Gasteiger partial charge in [0.05, 0.1) is 16.8 Å². The number of halogens is 4. The first-order chi connectivity index (χ1) is 17.2. The lowest BCUT2D eigenvalue weighted by atomic mass is 9.60. The van der Waals surface area contributed by atoms with Gasteiger partial charge in [0.25, 0.3) is 0 Å². The van der Waals surface area contributed by atoms with E-state index >= 15 is 0 Å². The van der Waals surface area contributed by atoms with Crippen molar-refractivity contribution in [3.05, 3.63) is 80.8 Å². The molecule has 3 aliphatic rings. The monoisotopic (exact) mass is 526 g/mol. The summed E-state index contributed by atoms with van der Waals surface area (Å²) in [7, 11) is 0. The second-order valence-corrected chi connectivity index (χ2v) is 10.7. The van der Waals surface area contributed by atoms with Crippen LogP contribution in [-0.2, 0) is 21.2 Å². The molecule has 1 aliphatic carbocycles. The van der Waals surface area contributed by atoms with Gasteiger partial charge in [-0.2, -0.15) is 18.4 Å². The van der Waals surface area contributed by atoms with E-state index in [0.29, 0.717) is 34.0 Å². The number of ketones is 1. The Morgan fingerprint density at radius 2 is 1.76 bits per heavy atom. The molecule has 3 N–H and O–H groups in total. The maximum atomic E-state index is 13.8. The van der Waals surface area contributed by atoms with Gasteiger partial charge in [0, 0.05) is 34.0 Å². The quantitative estimate of drug-likeness (QED) is 0.495. The number of alkyl halides is 3. The van der Waals surface area contributed by atoms with Crippen LogP contribution in [0.4, 0.5) is 24.5 Å². The summed E-state index contributed by atoms with van der Waals surface area (Å²) in [5, 5.41) is 13.6. The minimum Gasteiger partial charge on any atom is -0.384 e. The maximum absolute atomic E-state index is 13.8. The van der Waals surface area contributed by atoms with Gasteiger partial charge >= 0.3 is 6.18 Å². The third kappa shape index (κ3) is 3.39. The van der Waals surface area contributed by atoms with Crippen molar-refractivity contribution in [2.45, 2.75) is 45.2 Å². The molecule has 190 valence electrons. The van der Waals surface area contributed by atoms with Crippen molar-refractivity contribution < 1.29 is 22.8 Å². The molecule has 1 atom stereocenters. The molecule has 1 spiro atoms. The van der Waals surface area contributed by atoms with E-state index in [1.54, 1.807) is 19.1 Å². The predicted molar refractivity (Wildman–Crippen MR) is 132 cm³/mol. The summed E-state index contributed by atoms with van der Waals surface area (Å²) in [6.45, 7) is 5.50. The van der Waals surface area contributed by atoms with Crippen LogP contribution in [0.5, 0.6) is 0 Å². The van der Waals surface area contributed by atoms with E-state index in [4.69, 9.17) is 17.3 Å². The molecule has 5 rings (SSSR count). The topological polar surface area (TPSA) is 99.2 Å². The maximum Gasteiger partial charge on any atom is 0.416 e. The number of carbonyl (C=O) groups is 2. The third-order valence-electron chi connectivity index (χ3n) is 7.32. The Labute approximate surface area is 216 Å². The summed E-state index contributed by atoms with van der Waals surface area (Å²) >= 11 is 6.30. The smallest absolute Gasteiger partial charge is 0.384 e. The molecule has 2 aromatic carbocycles. The Bertz CT molecular complexity index is 1500. The Hall–Kier alpha value is -3.77. The van der Waals surface area contributed by atoms with Crippen molar-refractivity contribution in [3.63, 3.8) is 0 Å². The molecule has 0 radical (unpaired) electrons. The molecule has 2 heterocycles. The number of benzene rings is 2. The first kappa shape index (κ1) is 24.9. The first-order valence-electron chi connectivity index (χ1n) is 11.5. The van der Waals surface area contributed by atoms with Crippen molar-refractivity contribution in [1.82, 2.24) is 0 Å². The van der Waals surface area contributed by atoms with Crippen LogP contribution in [0.1, 0.15) is 43.4 Å². The van der Waals surface area contributed by atoms with Crippen LogP contribution in [0.15, 0.2) is 59.1 Å². The van der Waals surface area contributed by atoms with E-state index in [-0.39, 0.29) is 34.9 Å². The zero-order chi connectivity index (χ0) is 27.1. The molecule has 6 nitrogen and oxygen atoms in total. The lowest BCUT2D eigenvalue weighted by Crippen LogP contribution is -2.52. The molecule has 0 bridgehead atoms. The summed E-state index contributed by atoms with van der Waals surface area (Å²) in [5.41, 5.74) is 5.36. The van der Waals surface area contributed by atoms with E-state index < -0.39 is 28.5 Å². The SMILES string of the molecule is Cc1c(Cl)ccc2c1NC(=O)[C@]21C(C#N)=C(N)N(c2ccc(C(F)(F)F)cc2)C2=C1C(=O)CC(C)(C)C2. The van der Waals surface area contributed by atoms with E-state index in [9.17, 15) is 28.0 Å². The first-order valence-corrected chi connectivity index (χ1v) is 11.9. The number of nitrogens with one attached hydrogen (secondary N) is 1. The molecule has 1 amide bonds. The van der Waals surface area contributed by atoms with Crippen molar-refractivity contribution in [1.29, 1.82) is 5.26 Å². The van der Waals surface area contributed by atoms with Gasteiger partial charge in [-0.1, -0.05) is 31.5 Å². The van der Waals surface area contributed by atoms with E-state index in [1.165, 1.54) is 17.0 Å². The number of rotatable bonds is 1. The highest BCUT2D eigenvalue weighted by Gasteiger charge is 2.61. The van der Waals surface area contributed by atoms with Gasteiger partial charge in [-0.25, -0.2) is 0 Å². The summed E-state index contributed by atoms with van der Waals surface area (Å²) in [6, 6.07) is 9.58. The number of hydrogen-bond acceptors (Lipinski definition) is 5. The molecular formula is C27H22ClF3N4O2. The summed E-state index contributed by atoms with van der Waals surface area (Å²) < 4.78 is 39.7. The lowest BCUT2D eigenvalue weighted by molar-refractivity contribution is -0.137. The minimum absolute atomic E-state index is 0.107. The molecule has 0 unspecified atom stereocenters. The number of carbonyl (C=O) groups excluding carboxylic acids is 2. The van der Waals surface area contributed by atoms with Gasteiger partial charge in [-0.15, -0.1) is 0 Å². The largest absolute Gasteiger partial charge is 0.416 e. The number of nitriles is 1. The van der Waals surface area contributed by atoms with E-state index in [1.807, 2.05) is 13.8 Å². The van der Waals surface area contributed by atoms with Crippen molar-refractivity contribution in [2.75, 3.05) is 10.2 Å². The Balaban J connectivity index is 1.85. The number of fused-ring (bicyclic) bond motifs is 3. The van der Waals surface area contributed by atoms with Gasteiger partial charge in [0.15, 0.2) is 5.78 Å². The predicted octanol–water partition coefficient (Wildman–Crippen LogP) is 5.71. The van der Waals surface area contributed by atoms with Crippen LogP contribution in [0.2, 0.25) is 5.02 Å². The highest BCUT2D eigenvalue weighted by atomic mass is 35.5. The zero-order valence-electron chi connectivity index (χ0n) is 20.2. The fourth-order valence-corrected chi connectivity index (χ4v) is 5.86. The molecule has 10 heteroatoms. The fraction of sp³-hybridized carbons (Fsp3) is 0.296. The standard InChI is InChI=1S/C27H22ClF3N4O2/c1-13-18(28)9-8-16-22(13)34-24(37)26(16)17(12-32)23(33)35(15-6-4-14(5-7-15)27(29,30)31)19-10-25(2,3)11-20(36)21(19)26/h4-9H,10-11,33H2,1-3H3,(H,34,37)/t26-/m0/s1. The van der Waals surface area contributed by atoms with Gasteiger partial charge in [0.2, 0.25) is 5.91 Å². The Morgan fingerprint density at radius 3 is 2.35 bits per heavy atom. The third-order valence-corrected chi connectivity index (χ3v) is 7.73. The van der Waals surface area contributed by atoms with Gasteiger partial charge in [0.1, 0.15) is 17.3 Å². The average Bonchev–Trinajstić information content (AvgIpc) is 3.08. The Morgan fingerprint density at radius 1 is 1.11 bits per heavy atom. The number of hydrogen-bond donors (Lipinski definition) is 2. The van der Waals surface area contributed by atoms with Crippen LogP contribution < -0.4 is 16.0 Å². The molecule has 37 heavy (non-hydrogen) atoms. The normalized spacial score (nSPS) is 22.7. The number of allylic oxidation sites excluding steroid dienone is 1. The number of anilines is 2. The van der Waals surface area contributed by atoms with Gasteiger partial charge in [-0.05, 0) is 54.7 Å². The Kier molecular flexibility index (Phi) is 5.29.